The van der Waals surface area contributed by atoms with Crippen LogP contribution in [0.4, 0.5) is 0 Å². The summed E-state index contributed by atoms with van der Waals surface area (Å²) in [6, 6.07) is 14.1. The lowest BCUT2D eigenvalue weighted by atomic mass is 10.0. The minimum atomic E-state index is -0.0262. The van der Waals surface area contributed by atoms with E-state index in [2.05, 4.69) is 12.1 Å². The third-order valence-corrected chi connectivity index (χ3v) is 5.28. The predicted octanol–water partition coefficient (Wildman–Crippen LogP) is 5.04. The monoisotopic (exact) mass is 349 g/mol. The molecule has 26 heavy (non-hydrogen) atoms. The molecule has 0 saturated carbocycles. The van der Waals surface area contributed by atoms with Gasteiger partial charge in [-0.15, -0.1) is 0 Å². The first kappa shape index (κ1) is 16.7. The molecule has 2 heterocycles. The number of furan rings is 1. The summed E-state index contributed by atoms with van der Waals surface area (Å²) in [5.74, 6) is 1.25. The Morgan fingerprint density at radius 3 is 2.85 bits per heavy atom. The maximum absolute atomic E-state index is 13.3. The number of fused-ring (bicyclic) bond motifs is 1. The summed E-state index contributed by atoms with van der Waals surface area (Å²) in [6.07, 6.45) is 1.95. The van der Waals surface area contributed by atoms with Crippen molar-refractivity contribution in [3.63, 3.8) is 0 Å². The minimum absolute atomic E-state index is 0.0262. The number of hydrogen-bond donors (Lipinski definition) is 0. The third kappa shape index (κ3) is 2.75. The number of carbonyl (C=O) groups excluding carboxylic acids is 1. The van der Waals surface area contributed by atoms with Crippen LogP contribution in [-0.2, 0) is 0 Å². The molecule has 1 saturated heterocycles. The van der Waals surface area contributed by atoms with Gasteiger partial charge in [-0.2, -0.15) is 0 Å². The van der Waals surface area contributed by atoms with Crippen LogP contribution in [-0.4, -0.2) is 24.5 Å². The molecule has 1 aliphatic heterocycles. The van der Waals surface area contributed by atoms with Crippen molar-refractivity contribution in [3.8, 4) is 5.75 Å². The molecule has 1 aromatic heterocycles. The number of nitrogens with zero attached hydrogens (tertiary/aromatic N) is 1. The van der Waals surface area contributed by atoms with E-state index in [-0.39, 0.29) is 11.9 Å². The Kier molecular flexibility index (Phi) is 4.19. The average Bonchev–Trinajstić information content (AvgIpc) is 3.27. The summed E-state index contributed by atoms with van der Waals surface area (Å²) in [7, 11) is 1.66. The molecule has 4 rings (SSSR count). The molecule has 0 aliphatic carbocycles. The average molecular weight is 349 g/mol. The second kappa shape index (κ2) is 6.52. The van der Waals surface area contributed by atoms with Gasteiger partial charge in [-0.05, 0) is 56.5 Å². The van der Waals surface area contributed by atoms with Gasteiger partial charge in [0.25, 0.3) is 5.91 Å². The van der Waals surface area contributed by atoms with E-state index < -0.39 is 0 Å². The van der Waals surface area contributed by atoms with Crippen molar-refractivity contribution in [3.05, 3.63) is 64.9 Å². The molecule has 0 radical (unpaired) electrons. The van der Waals surface area contributed by atoms with Gasteiger partial charge in [0.1, 0.15) is 11.3 Å². The third-order valence-electron chi connectivity index (χ3n) is 5.28. The van der Waals surface area contributed by atoms with Crippen LogP contribution in [0.25, 0.3) is 11.0 Å². The molecule has 4 nitrogen and oxygen atoms in total. The number of aryl methyl sites for hydroxylation is 2. The first-order valence-corrected chi connectivity index (χ1v) is 9.03. The van der Waals surface area contributed by atoms with Crippen LogP contribution >= 0.6 is 0 Å². The van der Waals surface area contributed by atoms with Gasteiger partial charge >= 0.3 is 0 Å². The van der Waals surface area contributed by atoms with E-state index in [1.807, 2.05) is 49.1 Å². The summed E-state index contributed by atoms with van der Waals surface area (Å²) < 4.78 is 11.3. The standard InChI is InChI=1S/C22H23NO3/c1-14-9-10-20-18(12-14)15(2)21(26-20)22(24)23-11-5-8-19(23)16-6-4-7-17(13-16)25-3/h4,6-7,9-10,12-13,19H,5,8,11H2,1-3H3/t19-/m0/s1. The van der Waals surface area contributed by atoms with Crippen molar-refractivity contribution in [2.75, 3.05) is 13.7 Å². The lowest BCUT2D eigenvalue weighted by Gasteiger charge is -2.24. The molecule has 2 aromatic carbocycles. The Hall–Kier alpha value is -2.75. The Bertz CT molecular complexity index is 973. The fourth-order valence-corrected chi connectivity index (χ4v) is 3.87. The van der Waals surface area contributed by atoms with Crippen LogP contribution in [0.3, 0.4) is 0 Å². The van der Waals surface area contributed by atoms with E-state index >= 15 is 0 Å². The zero-order chi connectivity index (χ0) is 18.3. The molecule has 1 aliphatic rings. The van der Waals surface area contributed by atoms with Crippen molar-refractivity contribution in [1.29, 1.82) is 0 Å². The summed E-state index contributed by atoms with van der Waals surface area (Å²) in [6.45, 7) is 4.76. The first-order valence-electron chi connectivity index (χ1n) is 9.03. The normalized spacial score (nSPS) is 17.0. The quantitative estimate of drug-likeness (QED) is 0.665. The van der Waals surface area contributed by atoms with Gasteiger partial charge in [0.2, 0.25) is 0 Å². The molecule has 3 aromatic rings. The number of rotatable bonds is 3. The Morgan fingerprint density at radius 2 is 2.04 bits per heavy atom. The van der Waals surface area contributed by atoms with Gasteiger partial charge in [0, 0.05) is 17.5 Å². The maximum Gasteiger partial charge on any atom is 0.290 e. The van der Waals surface area contributed by atoms with E-state index in [0.717, 1.165) is 52.8 Å². The summed E-state index contributed by atoms with van der Waals surface area (Å²) >= 11 is 0. The van der Waals surface area contributed by atoms with E-state index in [9.17, 15) is 4.79 Å². The molecule has 134 valence electrons. The summed E-state index contributed by atoms with van der Waals surface area (Å²) in [5.41, 5.74) is 3.97. The molecule has 0 spiro atoms. The molecule has 0 N–H and O–H groups in total. The Labute approximate surface area is 153 Å². The van der Waals surface area contributed by atoms with Crippen molar-refractivity contribution >= 4 is 16.9 Å². The molecule has 0 bridgehead atoms. The van der Waals surface area contributed by atoms with Crippen molar-refractivity contribution < 1.29 is 13.9 Å². The lowest BCUT2D eigenvalue weighted by molar-refractivity contribution is 0.0704. The minimum Gasteiger partial charge on any atom is -0.497 e. The lowest BCUT2D eigenvalue weighted by Crippen LogP contribution is -2.30. The fourth-order valence-electron chi connectivity index (χ4n) is 3.87. The molecule has 0 unspecified atom stereocenters. The van der Waals surface area contributed by atoms with E-state index in [1.54, 1.807) is 7.11 Å². The smallest absolute Gasteiger partial charge is 0.290 e. The van der Waals surface area contributed by atoms with Crippen molar-refractivity contribution in [2.45, 2.75) is 32.7 Å². The molecule has 1 atom stereocenters. The fraction of sp³-hybridized carbons (Fsp3) is 0.318. The van der Waals surface area contributed by atoms with Gasteiger partial charge < -0.3 is 14.1 Å². The molecule has 1 amide bonds. The van der Waals surface area contributed by atoms with Crippen LogP contribution in [0.1, 0.15) is 46.1 Å². The number of hydrogen-bond acceptors (Lipinski definition) is 3. The van der Waals surface area contributed by atoms with Crippen LogP contribution < -0.4 is 4.74 Å². The summed E-state index contributed by atoms with van der Waals surface area (Å²) in [5, 5.41) is 1.02. The van der Waals surface area contributed by atoms with Gasteiger partial charge in [-0.1, -0.05) is 23.8 Å². The highest BCUT2D eigenvalue weighted by molar-refractivity contribution is 5.99. The van der Waals surface area contributed by atoms with Crippen LogP contribution in [0, 0.1) is 13.8 Å². The van der Waals surface area contributed by atoms with E-state index in [4.69, 9.17) is 9.15 Å². The Morgan fingerprint density at radius 1 is 1.19 bits per heavy atom. The van der Waals surface area contributed by atoms with E-state index in [0.29, 0.717) is 5.76 Å². The molecule has 4 heteroatoms. The molecule has 1 fully saturated rings. The Balaban J connectivity index is 1.70. The second-order valence-electron chi connectivity index (χ2n) is 6.99. The largest absolute Gasteiger partial charge is 0.497 e. The zero-order valence-corrected chi connectivity index (χ0v) is 15.4. The van der Waals surface area contributed by atoms with Crippen LogP contribution in [0.15, 0.2) is 46.9 Å². The number of ether oxygens (including phenoxy) is 1. The number of carbonyl (C=O) groups is 1. The second-order valence-corrected chi connectivity index (χ2v) is 6.99. The number of methoxy groups -OCH3 is 1. The van der Waals surface area contributed by atoms with Crippen LogP contribution in [0.2, 0.25) is 0 Å². The predicted molar refractivity (Wildman–Crippen MR) is 102 cm³/mol. The highest BCUT2D eigenvalue weighted by atomic mass is 16.5. The van der Waals surface area contributed by atoms with Gasteiger partial charge in [0.15, 0.2) is 5.76 Å². The van der Waals surface area contributed by atoms with Gasteiger partial charge in [0.05, 0.1) is 13.2 Å². The van der Waals surface area contributed by atoms with Crippen molar-refractivity contribution in [1.82, 2.24) is 4.90 Å². The topological polar surface area (TPSA) is 42.7 Å². The van der Waals surface area contributed by atoms with Crippen molar-refractivity contribution in [2.24, 2.45) is 0 Å². The van der Waals surface area contributed by atoms with Crippen LogP contribution in [0.5, 0.6) is 5.75 Å². The number of likely N-dealkylation sites (tertiary alicyclic amines) is 1. The zero-order valence-electron chi connectivity index (χ0n) is 15.4. The first-order chi connectivity index (χ1) is 12.6. The number of amides is 1. The molecular weight excluding hydrogens is 326 g/mol. The number of benzene rings is 2. The molecular formula is C22H23NO3. The maximum atomic E-state index is 13.3. The highest BCUT2D eigenvalue weighted by Gasteiger charge is 2.33. The highest BCUT2D eigenvalue weighted by Crippen LogP contribution is 2.36. The van der Waals surface area contributed by atoms with Gasteiger partial charge in [-0.3, -0.25) is 4.79 Å². The summed E-state index contributed by atoms with van der Waals surface area (Å²) in [4.78, 5) is 15.2. The van der Waals surface area contributed by atoms with E-state index in [1.165, 1.54) is 0 Å². The van der Waals surface area contributed by atoms with Gasteiger partial charge in [-0.25, -0.2) is 0 Å². The SMILES string of the molecule is COc1cccc([C@@H]2CCCN2C(=O)c2oc3ccc(C)cc3c2C)c1.